The number of amides is 1. The molecule has 1 rings (SSSR count). The Morgan fingerprint density at radius 1 is 1.40 bits per heavy atom. The summed E-state index contributed by atoms with van der Waals surface area (Å²) in [5.41, 5.74) is 4.96. The predicted molar refractivity (Wildman–Crippen MR) is 85.6 cm³/mol. The summed E-state index contributed by atoms with van der Waals surface area (Å²) in [4.78, 5) is 13.0. The molecule has 0 aromatic carbocycles. The zero-order chi connectivity index (χ0) is 15.2. The molecule has 0 aliphatic carbocycles. The van der Waals surface area contributed by atoms with Crippen molar-refractivity contribution < 1.29 is 9.53 Å². The Morgan fingerprint density at radius 3 is 2.40 bits per heavy atom. The molecule has 1 aliphatic heterocycles. The third-order valence-corrected chi connectivity index (χ3v) is 4.57. The van der Waals surface area contributed by atoms with Crippen molar-refractivity contribution in [2.45, 2.75) is 64.9 Å². The van der Waals surface area contributed by atoms with Gasteiger partial charge in [0.2, 0.25) is 5.91 Å². The second-order valence-corrected chi connectivity index (χ2v) is 6.47. The number of thiocarbonyl (C=S) groups is 1. The maximum atomic E-state index is 12.7. The van der Waals surface area contributed by atoms with Crippen LogP contribution >= 0.6 is 12.2 Å². The van der Waals surface area contributed by atoms with Crippen molar-refractivity contribution in [1.29, 1.82) is 0 Å². The first kappa shape index (κ1) is 17.4. The van der Waals surface area contributed by atoms with E-state index in [4.69, 9.17) is 22.7 Å². The minimum Gasteiger partial charge on any atom is -0.392 e. The summed E-state index contributed by atoms with van der Waals surface area (Å²) < 4.78 is 5.71. The molecule has 116 valence electrons. The number of carbonyl (C=O) groups is 1. The lowest BCUT2D eigenvalue weighted by Gasteiger charge is -2.33. The fourth-order valence-corrected chi connectivity index (χ4v) is 3.27. The first-order valence-corrected chi connectivity index (χ1v) is 8.03. The molecule has 1 aliphatic rings. The van der Waals surface area contributed by atoms with E-state index in [1.807, 2.05) is 6.92 Å². The molecule has 1 atom stereocenters. The summed E-state index contributed by atoms with van der Waals surface area (Å²) in [6, 6.07) is 0. The predicted octanol–water partition coefficient (Wildman–Crippen LogP) is 2.54. The molecule has 1 unspecified atom stereocenters. The van der Waals surface area contributed by atoms with Crippen LogP contribution in [0.1, 0.15) is 59.3 Å². The Morgan fingerprint density at radius 2 is 2.00 bits per heavy atom. The molecule has 1 heterocycles. The molecule has 0 spiro atoms. The second-order valence-electron chi connectivity index (χ2n) is 6.03. The molecular weight excluding hydrogens is 272 g/mol. The van der Waals surface area contributed by atoms with Gasteiger partial charge in [-0.25, -0.2) is 0 Å². The molecule has 0 radical (unpaired) electrons. The molecule has 0 aromatic rings. The highest BCUT2D eigenvalue weighted by molar-refractivity contribution is 7.80. The van der Waals surface area contributed by atoms with Crippen molar-refractivity contribution in [2.75, 3.05) is 13.2 Å². The third kappa shape index (κ3) is 3.92. The lowest BCUT2D eigenvalue weighted by Crippen LogP contribution is -2.52. The van der Waals surface area contributed by atoms with Crippen molar-refractivity contribution in [2.24, 2.45) is 11.1 Å². The number of hydrogen-bond acceptors (Lipinski definition) is 3. The van der Waals surface area contributed by atoms with E-state index in [-0.39, 0.29) is 11.5 Å². The van der Waals surface area contributed by atoms with E-state index in [0.717, 1.165) is 32.3 Å². The Bertz CT molecular complexity index is 346. The van der Waals surface area contributed by atoms with Crippen LogP contribution in [0.15, 0.2) is 0 Å². The van der Waals surface area contributed by atoms with Gasteiger partial charge >= 0.3 is 0 Å². The molecule has 5 heteroatoms. The number of nitrogens with two attached hydrogens (primary N) is 1. The summed E-state index contributed by atoms with van der Waals surface area (Å²) in [5, 5.41) is 3.03. The summed E-state index contributed by atoms with van der Waals surface area (Å²) >= 11 is 5.20. The normalized spacial score (nSPS) is 22.8. The van der Waals surface area contributed by atoms with Crippen LogP contribution in [0.25, 0.3) is 0 Å². The number of carbonyl (C=O) groups excluding carboxylic acids is 1. The number of hydrogen-bond donors (Lipinski definition) is 2. The molecule has 3 N–H and O–H groups in total. The van der Waals surface area contributed by atoms with Gasteiger partial charge in [-0.05, 0) is 32.6 Å². The van der Waals surface area contributed by atoms with Crippen molar-refractivity contribution >= 4 is 23.1 Å². The van der Waals surface area contributed by atoms with Crippen LogP contribution in [0.4, 0.5) is 0 Å². The zero-order valence-electron chi connectivity index (χ0n) is 13.0. The van der Waals surface area contributed by atoms with Crippen molar-refractivity contribution in [3.63, 3.8) is 0 Å². The minimum atomic E-state index is -0.701. The smallest absolute Gasteiger partial charge is 0.233 e. The van der Waals surface area contributed by atoms with Gasteiger partial charge in [0, 0.05) is 13.2 Å². The topological polar surface area (TPSA) is 64.3 Å². The lowest BCUT2D eigenvalue weighted by atomic mass is 9.78. The summed E-state index contributed by atoms with van der Waals surface area (Å²) in [5.74, 6) is -0.0366. The Balaban J connectivity index is 2.74. The van der Waals surface area contributed by atoms with Gasteiger partial charge in [0.25, 0.3) is 0 Å². The molecule has 1 saturated heterocycles. The van der Waals surface area contributed by atoms with Gasteiger partial charge in [-0.3, -0.25) is 4.79 Å². The van der Waals surface area contributed by atoms with E-state index in [9.17, 15) is 4.79 Å². The summed E-state index contributed by atoms with van der Waals surface area (Å²) in [7, 11) is 0. The average molecular weight is 300 g/mol. The van der Waals surface area contributed by atoms with Crippen LogP contribution in [-0.4, -0.2) is 29.6 Å². The highest BCUT2D eigenvalue weighted by Gasteiger charge is 2.41. The van der Waals surface area contributed by atoms with Crippen molar-refractivity contribution in [3.8, 4) is 0 Å². The van der Waals surface area contributed by atoms with Gasteiger partial charge in [0.1, 0.15) is 0 Å². The largest absolute Gasteiger partial charge is 0.392 e. The van der Waals surface area contributed by atoms with Crippen LogP contribution in [0.2, 0.25) is 0 Å². The first-order chi connectivity index (χ1) is 9.40. The Hall–Kier alpha value is -0.680. The standard InChI is InChI=1S/C15H28N2O2S/c1-4-7-15(8-5-2,12(16)20)13(18)17-11-14(3)9-6-10-19-14/h4-11H2,1-3H3,(H2,16,20)(H,17,18). The van der Waals surface area contributed by atoms with Crippen molar-refractivity contribution in [1.82, 2.24) is 5.32 Å². The van der Waals surface area contributed by atoms with Crippen LogP contribution in [0.5, 0.6) is 0 Å². The number of ether oxygens (including phenoxy) is 1. The van der Waals surface area contributed by atoms with Crippen LogP contribution in [0, 0.1) is 5.41 Å². The fourth-order valence-electron chi connectivity index (χ4n) is 2.98. The van der Waals surface area contributed by atoms with Gasteiger partial charge < -0.3 is 15.8 Å². The van der Waals surface area contributed by atoms with E-state index in [1.54, 1.807) is 0 Å². The molecule has 1 fully saturated rings. The zero-order valence-corrected chi connectivity index (χ0v) is 13.8. The van der Waals surface area contributed by atoms with E-state index in [2.05, 4.69) is 19.2 Å². The summed E-state index contributed by atoms with van der Waals surface area (Å²) in [6.45, 7) is 7.46. The minimum absolute atomic E-state index is 0.0366. The van der Waals surface area contributed by atoms with Crippen molar-refractivity contribution in [3.05, 3.63) is 0 Å². The maximum Gasteiger partial charge on any atom is 0.233 e. The highest BCUT2D eigenvalue weighted by Crippen LogP contribution is 2.31. The molecule has 0 saturated carbocycles. The molecule has 1 amide bonds. The van der Waals surface area contributed by atoms with E-state index < -0.39 is 5.41 Å². The fraction of sp³-hybridized carbons (Fsp3) is 0.867. The van der Waals surface area contributed by atoms with Gasteiger partial charge in [0.15, 0.2) is 0 Å². The molecule has 0 aromatic heterocycles. The second kappa shape index (κ2) is 7.36. The SMILES string of the molecule is CCCC(CCC)(C(=O)NCC1(C)CCCO1)C(N)=S. The highest BCUT2D eigenvalue weighted by atomic mass is 32.1. The monoisotopic (exact) mass is 300 g/mol. The molecule has 0 bridgehead atoms. The van der Waals surface area contributed by atoms with Gasteiger partial charge in [0.05, 0.1) is 16.0 Å². The van der Waals surface area contributed by atoms with E-state index >= 15 is 0 Å². The average Bonchev–Trinajstić information content (AvgIpc) is 2.82. The third-order valence-electron chi connectivity index (χ3n) is 4.18. The number of rotatable bonds is 8. The quantitative estimate of drug-likeness (QED) is 0.676. The summed E-state index contributed by atoms with van der Waals surface area (Å²) in [6.07, 6.45) is 5.22. The van der Waals surface area contributed by atoms with E-state index in [0.29, 0.717) is 24.4 Å². The first-order valence-electron chi connectivity index (χ1n) is 7.62. The van der Waals surface area contributed by atoms with Gasteiger partial charge in [-0.2, -0.15) is 0 Å². The Labute approximate surface area is 127 Å². The molecule has 20 heavy (non-hydrogen) atoms. The van der Waals surface area contributed by atoms with Crippen LogP contribution in [-0.2, 0) is 9.53 Å². The maximum absolute atomic E-state index is 12.7. The Kier molecular flexibility index (Phi) is 6.40. The number of nitrogens with one attached hydrogen (secondary N) is 1. The van der Waals surface area contributed by atoms with Gasteiger partial charge in [-0.1, -0.05) is 38.9 Å². The van der Waals surface area contributed by atoms with Gasteiger partial charge in [-0.15, -0.1) is 0 Å². The van der Waals surface area contributed by atoms with Crippen LogP contribution in [0.3, 0.4) is 0 Å². The molecular formula is C15H28N2O2S. The molecule has 4 nitrogen and oxygen atoms in total. The lowest BCUT2D eigenvalue weighted by molar-refractivity contribution is -0.129. The van der Waals surface area contributed by atoms with Crippen LogP contribution < -0.4 is 11.1 Å². The van der Waals surface area contributed by atoms with E-state index in [1.165, 1.54) is 0 Å².